The number of pyridine rings is 1. The average Bonchev–Trinajstić information content (AvgIpc) is 3.57. The molecular formula is C24H22N4O5S. The minimum atomic E-state index is -0.336. The van der Waals surface area contributed by atoms with Crippen molar-refractivity contribution in [2.24, 2.45) is 5.10 Å². The molecule has 0 bridgehead atoms. The molecule has 9 nitrogen and oxygen atoms in total. The van der Waals surface area contributed by atoms with Crippen LogP contribution in [0.5, 0.6) is 17.2 Å². The molecule has 4 heterocycles. The molecule has 0 saturated carbocycles. The molecule has 0 spiro atoms. The number of aryl methyl sites for hydroxylation is 1. The van der Waals surface area contributed by atoms with Crippen LogP contribution in [-0.4, -0.2) is 42.7 Å². The van der Waals surface area contributed by atoms with Gasteiger partial charge in [-0.25, -0.2) is 10.4 Å². The third-order valence-corrected chi connectivity index (χ3v) is 6.35. The Morgan fingerprint density at radius 2 is 2.09 bits per heavy atom. The van der Waals surface area contributed by atoms with Crippen LogP contribution in [-0.2, 0) is 11.3 Å². The lowest BCUT2D eigenvalue weighted by Gasteiger charge is -2.09. The van der Waals surface area contributed by atoms with E-state index in [-0.39, 0.29) is 12.7 Å². The number of ether oxygens (including phenoxy) is 4. The van der Waals surface area contributed by atoms with Gasteiger partial charge in [-0.15, -0.1) is 11.3 Å². The van der Waals surface area contributed by atoms with Crippen molar-refractivity contribution in [3.8, 4) is 22.9 Å². The molecule has 0 unspecified atom stereocenters. The number of nitrogens with zero attached hydrogens (tertiary/aromatic N) is 3. The molecule has 0 fully saturated rings. The standard InChI is InChI=1S/C24H22N4O5S/c1-14-8-16(12-30-2)19-20(28-6-4-5-7-28)22(34-24(19)26-14)23(29)27-25-11-15-9-17(31-3)21-18(10-15)32-13-33-21/h4-11H,12-13H2,1-3H3,(H,27,29)/b25-11-. The predicted molar refractivity (Wildman–Crippen MR) is 129 cm³/mol. The van der Waals surface area contributed by atoms with Gasteiger partial charge in [-0.2, -0.15) is 5.10 Å². The lowest BCUT2D eigenvalue weighted by Crippen LogP contribution is -2.18. The van der Waals surface area contributed by atoms with E-state index in [1.54, 1.807) is 26.4 Å². The fourth-order valence-electron chi connectivity index (χ4n) is 3.89. The molecule has 34 heavy (non-hydrogen) atoms. The average molecular weight is 479 g/mol. The number of benzene rings is 1. The summed E-state index contributed by atoms with van der Waals surface area (Å²) in [4.78, 5) is 19.2. The van der Waals surface area contributed by atoms with Gasteiger partial charge in [0.15, 0.2) is 11.5 Å². The first-order valence-corrected chi connectivity index (χ1v) is 11.3. The van der Waals surface area contributed by atoms with Gasteiger partial charge in [0, 0.05) is 36.1 Å². The number of hydrogen-bond acceptors (Lipinski definition) is 8. The molecule has 10 heteroatoms. The number of carbonyl (C=O) groups excluding carboxylic acids is 1. The second-order valence-corrected chi connectivity index (χ2v) is 8.56. The summed E-state index contributed by atoms with van der Waals surface area (Å²) in [5, 5.41) is 5.06. The van der Waals surface area contributed by atoms with Crippen molar-refractivity contribution in [3.63, 3.8) is 0 Å². The Balaban J connectivity index is 1.49. The van der Waals surface area contributed by atoms with E-state index in [1.807, 2.05) is 42.1 Å². The molecule has 0 radical (unpaired) electrons. The number of hydrogen-bond donors (Lipinski definition) is 1. The van der Waals surface area contributed by atoms with Crippen LogP contribution in [0.15, 0.2) is 47.8 Å². The first-order chi connectivity index (χ1) is 16.6. The Morgan fingerprint density at radius 1 is 1.26 bits per heavy atom. The van der Waals surface area contributed by atoms with Crippen molar-refractivity contribution in [2.75, 3.05) is 21.0 Å². The second-order valence-electron chi connectivity index (χ2n) is 7.56. The number of nitrogens with one attached hydrogen (secondary N) is 1. The highest BCUT2D eigenvalue weighted by Crippen LogP contribution is 2.41. The molecule has 0 aliphatic carbocycles. The van der Waals surface area contributed by atoms with Crippen LogP contribution < -0.4 is 19.6 Å². The predicted octanol–water partition coefficient (Wildman–Crippen LogP) is 4.04. The van der Waals surface area contributed by atoms with Gasteiger partial charge in [0.05, 0.1) is 25.6 Å². The number of aromatic nitrogens is 2. The van der Waals surface area contributed by atoms with Gasteiger partial charge >= 0.3 is 0 Å². The highest BCUT2D eigenvalue weighted by molar-refractivity contribution is 7.21. The Hall–Kier alpha value is -3.89. The zero-order valence-electron chi connectivity index (χ0n) is 18.8. The summed E-state index contributed by atoms with van der Waals surface area (Å²) in [6.07, 6.45) is 5.33. The summed E-state index contributed by atoms with van der Waals surface area (Å²) in [7, 11) is 3.20. The van der Waals surface area contributed by atoms with Crippen LogP contribution in [0.2, 0.25) is 0 Å². The Morgan fingerprint density at radius 3 is 2.85 bits per heavy atom. The molecule has 174 valence electrons. The van der Waals surface area contributed by atoms with E-state index in [4.69, 9.17) is 18.9 Å². The first-order valence-electron chi connectivity index (χ1n) is 10.5. The molecule has 1 aliphatic rings. The molecular weight excluding hydrogens is 456 g/mol. The largest absolute Gasteiger partial charge is 0.493 e. The lowest BCUT2D eigenvalue weighted by molar-refractivity contribution is 0.0959. The fraction of sp³-hybridized carbons (Fsp3) is 0.208. The summed E-state index contributed by atoms with van der Waals surface area (Å²) in [6, 6.07) is 9.34. The molecule has 1 aliphatic heterocycles. The van der Waals surface area contributed by atoms with Crippen LogP contribution in [0.1, 0.15) is 26.5 Å². The van der Waals surface area contributed by atoms with E-state index < -0.39 is 0 Å². The summed E-state index contributed by atoms with van der Waals surface area (Å²) >= 11 is 1.32. The van der Waals surface area contributed by atoms with Gasteiger partial charge in [-0.05, 0) is 42.8 Å². The van der Waals surface area contributed by atoms with Gasteiger partial charge in [-0.1, -0.05) is 0 Å². The smallest absolute Gasteiger partial charge is 0.283 e. The van der Waals surface area contributed by atoms with E-state index in [1.165, 1.54) is 17.6 Å². The van der Waals surface area contributed by atoms with E-state index in [2.05, 4.69) is 15.5 Å². The molecule has 1 N–H and O–H groups in total. The third-order valence-electron chi connectivity index (χ3n) is 5.28. The summed E-state index contributed by atoms with van der Waals surface area (Å²) in [5.74, 6) is 1.32. The van der Waals surface area contributed by atoms with Crippen molar-refractivity contribution in [1.82, 2.24) is 15.0 Å². The molecule has 5 rings (SSSR count). The quantitative estimate of drug-likeness (QED) is 0.318. The zero-order valence-corrected chi connectivity index (χ0v) is 19.6. The number of amides is 1. The van der Waals surface area contributed by atoms with Gasteiger partial charge in [0.2, 0.25) is 12.5 Å². The summed E-state index contributed by atoms with van der Waals surface area (Å²) in [6.45, 7) is 2.48. The SMILES string of the molecule is COCc1cc(C)nc2sc(C(=O)N/N=C\c3cc(OC)c4c(c3)OCO4)c(-n3cccc3)c12. The molecule has 1 aromatic carbocycles. The second kappa shape index (κ2) is 9.16. The highest BCUT2D eigenvalue weighted by Gasteiger charge is 2.23. The maximum atomic E-state index is 13.2. The van der Waals surface area contributed by atoms with Crippen molar-refractivity contribution in [2.45, 2.75) is 13.5 Å². The molecule has 1 amide bonds. The van der Waals surface area contributed by atoms with E-state index in [0.717, 1.165) is 27.2 Å². The van der Waals surface area contributed by atoms with Crippen LogP contribution in [0.3, 0.4) is 0 Å². The third kappa shape index (κ3) is 3.97. The fourth-order valence-corrected chi connectivity index (χ4v) is 5.04. The van der Waals surface area contributed by atoms with E-state index >= 15 is 0 Å². The van der Waals surface area contributed by atoms with Gasteiger partial charge < -0.3 is 23.5 Å². The van der Waals surface area contributed by atoms with Crippen LogP contribution in [0.25, 0.3) is 15.9 Å². The van der Waals surface area contributed by atoms with Crippen LogP contribution >= 0.6 is 11.3 Å². The molecule has 0 atom stereocenters. The Bertz CT molecular complexity index is 1390. The van der Waals surface area contributed by atoms with E-state index in [0.29, 0.717) is 34.3 Å². The minimum Gasteiger partial charge on any atom is -0.493 e. The number of methoxy groups -OCH3 is 2. The molecule has 0 saturated heterocycles. The van der Waals surface area contributed by atoms with Crippen LogP contribution in [0, 0.1) is 6.92 Å². The number of fused-ring (bicyclic) bond motifs is 2. The zero-order chi connectivity index (χ0) is 23.7. The van der Waals surface area contributed by atoms with Crippen molar-refractivity contribution in [1.29, 1.82) is 0 Å². The first kappa shape index (κ1) is 21.9. The Labute approximate surface area is 199 Å². The lowest BCUT2D eigenvalue weighted by atomic mass is 10.1. The molecule has 3 aromatic heterocycles. The van der Waals surface area contributed by atoms with Gasteiger partial charge in [-0.3, -0.25) is 4.79 Å². The van der Waals surface area contributed by atoms with Crippen molar-refractivity contribution in [3.05, 3.63) is 64.4 Å². The van der Waals surface area contributed by atoms with Gasteiger partial charge in [0.1, 0.15) is 9.71 Å². The van der Waals surface area contributed by atoms with Crippen molar-refractivity contribution >= 4 is 33.7 Å². The Kier molecular flexibility index (Phi) is 5.91. The van der Waals surface area contributed by atoms with Crippen LogP contribution in [0.4, 0.5) is 0 Å². The number of hydrazone groups is 1. The summed E-state index contributed by atoms with van der Waals surface area (Å²) < 4.78 is 23.5. The summed E-state index contributed by atoms with van der Waals surface area (Å²) in [5.41, 5.74) is 5.92. The topological polar surface area (TPSA) is 96.2 Å². The molecule has 4 aromatic rings. The van der Waals surface area contributed by atoms with E-state index in [9.17, 15) is 4.79 Å². The maximum Gasteiger partial charge on any atom is 0.283 e. The number of thiophene rings is 1. The number of rotatable bonds is 7. The maximum absolute atomic E-state index is 13.2. The number of carbonyl (C=O) groups is 1. The normalized spacial score (nSPS) is 12.6. The minimum absolute atomic E-state index is 0.135. The van der Waals surface area contributed by atoms with Crippen molar-refractivity contribution < 1.29 is 23.7 Å². The monoisotopic (exact) mass is 478 g/mol. The highest BCUT2D eigenvalue weighted by atomic mass is 32.1. The van der Waals surface area contributed by atoms with Gasteiger partial charge in [0.25, 0.3) is 5.91 Å².